The van der Waals surface area contributed by atoms with E-state index in [0.717, 1.165) is 17.0 Å². The number of aliphatic hydroxyl groups excluding tert-OH is 1. The monoisotopic (exact) mass is 369 g/mol. The minimum absolute atomic E-state index is 0.0929. The Bertz CT molecular complexity index is 705. The van der Waals surface area contributed by atoms with Gasteiger partial charge in [-0.1, -0.05) is 6.07 Å². The van der Waals surface area contributed by atoms with E-state index in [4.69, 9.17) is 0 Å². The number of likely N-dealkylation sites (tertiary alicyclic amines) is 1. The normalized spacial score (nSPS) is 17.5. The Morgan fingerprint density at radius 3 is 2.32 bits per heavy atom. The third-order valence-electron chi connectivity index (χ3n) is 4.57. The molecule has 134 valence electrons. The van der Waals surface area contributed by atoms with Gasteiger partial charge in [-0.2, -0.15) is 13.2 Å². The van der Waals surface area contributed by atoms with E-state index in [9.17, 15) is 23.1 Å². The molecule has 2 heterocycles. The van der Waals surface area contributed by atoms with Crippen molar-refractivity contribution in [3.8, 4) is 0 Å². The Morgan fingerprint density at radius 2 is 1.80 bits per heavy atom. The van der Waals surface area contributed by atoms with Crippen molar-refractivity contribution in [2.45, 2.75) is 25.1 Å². The van der Waals surface area contributed by atoms with E-state index in [2.05, 4.69) is 0 Å². The fourth-order valence-corrected chi connectivity index (χ4v) is 3.90. The Kier molecular flexibility index (Phi) is 5.15. The van der Waals surface area contributed by atoms with Crippen molar-refractivity contribution < 1.29 is 23.1 Å². The summed E-state index contributed by atoms with van der Waals surface area (Å²) in [6.07, 6.45) is -3.59. The van der Waals surface area contributed by atoms with Gasteiger partial charge in [0.05, 0.1) is 11.7 Å². The van der Waals surface area contributed by atoms with Crippen molar-refractivity contribution in [3.05, 3.63) is 57.8 Å². The summed E-state index contributed by atoms with van der Waals surface area (Å²) in [6, 6.07) is 8.10. The molecule has 0 aliphatic carbocycles. The van der Waals surface area contributed by atoms with Crippen LogP contribution in [0.3, 0.4) is 0 Å². The lowest BCUT2D eigenvalue weighted by Gasteiger charge is -2.34. The average molecular weight is 369 g/mol. The molecule has 1 aromatic carbocycles. The molecule has 0 radical (unpaired) electrons. The first kappa shape index (κ1) is 17.9. The summed E-state index contributed by atoms with van der Waals surface area (Å²) < 4.78 is 37.8. The fraction of sp³-hybridized carbons (Fsp3) is 0.389. The largest absolute Gasteiger partial charge is 0.416 e. The SMILES string of the molecule is O=C(c1ccc(C(F)(F)F)cc1)N1CCC(C(O)c2cccs2)CC1. The highest BCUT2D eigenvalue weighted by atomic mass is 32.1. The predicted octanol–water partition coefficient (Wildman–Crippen LogP) is 4.35. The molecular formula is C18H18F3NO2S. The number of rotatable bonds is 3. The van der Waals surface area contributed by atoms with Gasteiger partial charge in [-0.05, 0) is 54.5 Å². The standard InChI is InChI=1S/C18H18F3NO2S/c19-18(20,21)14-5-3-13(4-6-14)17(24)22-9-7-12(8-10-22)16(23)15-2-1-11-25-15/h1-6,11-12,16,23H,7-10H2. The number of aliphatic hydroxyl groups is 1. The molecule has 1 unspecified atom stereocenters. The second kappa shape index (κ2) is 7.17. The number of hydrogen-bond acceptors (Lipinski definition) is 3. The van der Waals surface area contributed by atoms with Crippen molar-refractivity contribution in [2.75, 3.05) is 13.1 Å². The van der Waals surface area contributed by atoms with Crippen molar-refractivity contribution in [1.29, 1.82) is 0 Å². The summed E-state index contributed by atoms with van der Waals surface area (Å²) in [6.45, 7) is 0.986. The molecule has 0 bridgehead atoms. The van der Waals surface area contributed by atoms with Crippen LogP contribution >= 0.6 is 11.3 Å². The smallest absolute Gasteiger partial charge is 0.387 e. The Labute approximate surface area is 147 Å². The molecule has 1 saturated heterocycles. The van der Waals surface area contributed by atoms with Gasteiger partial charge in [0, 0.05) is 23.5 Å². The number of carbonyl (C=O) groups is 1. The maximum Gasteiger partial charge on any atom is 0.416 e. The van der Waals surface area contributed by atoms with Crippen molar-refractivity contribution in [2.24, 2.45) is 5.92 Å². The van der Waals surface area contributed by atoms with Gasteiger partial charge in [0.15, 0.2) is 0 Å². The number of hydrogen-bond donors (Lipinski definition) is 1. The van der Waals surface area contributed by atoms with Crippen molar-refractivity contribution in [1.82, 2.24) is 4.90 Å². The molecule has 0 spiro atoms. The number of benzene rings is 1. The highest BCUT2D eigenvalue weighted by Gasteiger charge is 2.31. The second-order valence-electron chi connectivity index (χ2n) is 6.16. The van der Waals surface area contributed by atoms with E-state index >= 15 is 0 Å². The first-order chi connectivity index (χ1) is 11.9. The van der Waals surface area contributed by atoms with Gasteiger partial charge in [-0.25, -0.2) is 0 Å². The topological polar surface area (TPSA) is 40.5 Å². The van der Waals surface area contributed by atoms with Crippen LogP contribution in [0.2, 0.25) is 0 Å². The summed E-state index contributed by atoms with van der Waals surface area (Å²) in [5, 5.41) is 12.3. The summed E-state index contributed by atoms with van der Waals surface area (Å²) in [4.78, 5) is 15.0. The maximum absolute atomic E-state index is 12.6. The van der Waals surface area contributed by atoms with Crippen LogP contribution in [0.1, 0.15) is 39.7 Å². The van der Waals surface area contributed by atoms with Crippen LogP contribution in [0.5, 0.6) is 0 Å². The van der Waals surface area contributed by atoms with Crippen LogP contribution in [0.25, 0.3) is 0 Å². The lowest BCUT2D eigenvalue weighted by molar-refractivity contribution is -0.137. The third kappa shape index (κ3) is 4.04. The molecule has 0 saturated carbocycles. The molecule has 3 nitrogen and oxygen atoms in total. The molecule has 1 aliphatic rings. The molecule has 1 N–H and O–H groups in total. The third-order valence-corrected chi connectivity index (χ3v) is 5.51. The van der Waals surface area contributed by atoms with E-state index in [1.165, 1.54) is 23.5 Å². The van der Waals surface area contributed by atoms with Gasteiger partial charge in [0.1, 0.15) is 0 Å². The first-order valence-electron chi connectivity index (χ1n) is 8.04. The summed E-state index contributed by atoms with van der Waals surface area (Å²) in [5.74, 6) is -0.173. The van der Waals surface area contributed by atoms with Crippen LogP contribution in [-0.4, -0.2) is 29.0 Å². The Morgan fingerprint density at radius 1 is 1.16 bits per heavy atom. The number of halogens is 3. The minimum Gasteiger partial charge on any atom is -0.387 e. The Balaban J connectivity index is 1.60. The van der Waals surface area contributed by atoms with E-state index in [1.54, 1.807) is 4.90 Å². The summed E-state index contributed by atoms with van der Waals surface area (Å²) in [7, 11) is 0. The van der Waals surface area contributed by atoms with Gasteiger partial charge in [-0.15, -0.1) is 11.3 Å². The van der Waals surface area contributed by atoms with Gasteiger partial charge in [-0.3, -0.25) is 4.79 Å². The van der Waals surface area contributed by atoms with E-state index < -0.39 is 17.8 Å². The van der Waals surface area contributed by atoms with Crippen LogP contribution < -0.4 is 0 Å². The number of piperidine rings is 1. The van der Waals surface area contributed by atoms with Crippen LogP contribution in [0.15, 0.2) is 41.8 Å². The lowest BCUT2D eigenvalue weighted by atomic mass is 9.90. The average Bonchev–Trinajstić information content (AvgIpc) is 3.14. The molecule has 1 aliphatic heterocycles. The zero-order chi connectivity index (χ0) is 18.0. The van der Waals surface area contributed by atoms with Gasteiger partial charge in [0.25, 0.3) is 5.91 Å². The highest BCUT2D eigenvalue weighted by molar-refractivity contribution is 7.10. The highest BCUT2D eigenvalue weighted by Crippen LogP contribution is 2.33. The van der Waals surface area contributed by atoms with Crippen molar-refractivity contribution in [3.63, 3.8) is 0 Å². The fourth-order valence-electron chi connectivity index (χ4n) is 3.09. The molecular weight excluding hydrogens is 351 g/mol. The number of alkyl halides is 3. The van der Waals surface area contributed by atoms with Gasteiger partial charge >= 0.3 is 6.18 Å². The van der Waals surface area contributed by atoms with Crippen LogP contribution in [0.4, 0.5) is 13.2 Å². The molecule has 1 atom stereocenters. The molecule has 1 fully saturated rings. The minimum atomic E-state index is -4.40. The number of thiophene rings is 1. The number of amides is 1. The lowest BCUT2D eigenvalue weighted by Crippen LogP contribution is -2.39. The van der Waals surface area contributed by atoms with Gasteiger partial charge in [0.2, 0.25) is 0 Å². The van der Waals surface area contributed by atoms with Gasteiger partial charge < -0.3 is 10.0 Å². The van der Waals surface area contributed by atoms with E-state index in [1.807, 2.05) is 17.5 Å². The number of nitrogens with zero attached hydrogens (tertiary/aromatic N) is 1. The maximum atomic E-state index is 12.6. The quantitative estimate of drug-likeness (QED) is 0.874. The van der Waals surface area contributed by atoms with E-state index in [0.29, 0.717) is 25.9 Å². The molecule has 1 aromatic heterocycles. The molecule has 7 heteroatoms. The molecule has 1 amide bonds. The summed E-state index contributed by atoms with van der Waals surface area (Å²) in [5.41, 5.74) is -0.507. The number of carbonyl (C=O) groups excluding carboxylic acids is 1. The van der Waals surface area contributed by atoms with Crippen molar-refractivity contribution >= 4 is 17.2 Å². The zero-order valence-electron chi connectivity index (χ0n) is 13.4. The van der Waals surface area contributed by atoms with Crippen LogP contribution in [-0.2, 0) is 6.18 Å². The molecule has 2 aromatic rings. The summed E-state index contributed by atoms with van der Waals surface area (Å²) >= 11 is 1.51. The molecule has 3 rings (SSSR count). The first-order valence-corrected chi connectivity index (χ1v) is 8.92. The van der Waals surface area contributed by atoms with E-state index in [-0.39, 0.29) is 17.4 Å². The second-order valence-corrected chi connectivity index (χ2v) is 7.14. The Hall–Kier alpha value is -1.86. The molecule has 25 heavy (non-hydrogen) atoms. The van der Waals surface area contributed by atoms with Crippen LogP contribution in [0, 0.1) is 5.92 Å². The predicted molar refractivity (Wildman–Crippen MR) is 89.4 cm³/mol. The zero-order valence-corrected chi connectivity index (χ0v) is 14.2.